The number of hydrogen-bond donors (Lipinski definition) is 2. The van der Waals surface area contributed by atoms with Crippen LogP contribution in [0.2, 0.25) is 0 Å². The maximum absolute atomic E-state index is 12.6. The Morgan fingerprint density at radius 3 is 2.58 bits per heavy atom. The summed E-state index contributed by atoms with van der Waals surface area (Å²) in [6.45, 7) is 7.17. The van der Waals surface area contributed by atoms with E-state index >= 15 is 0 Å². The molecule has 3 saturated heterocycles. The van der Waals surface area contributed by atoms with Gasteiger partial charge in [-0.15, -0.1) is 0 Å². The van der Waals surface area contributed by atoms with Crippen molar-refractivity contribution in [1.29, 1.82) is 0 Å². The Kier molecular flexibility index (Phi) is 6.20. The molecule has 3 fully saturated rings. The van der Waals surface area contributed by atoms with Crippen LogP contribution in [-0.4, -0.2) is 95.1 Å². The Balaban J connectivity index is 1.57. The molecule has 0 aromatic heterocycles. The van der Waals surface area contributed by atoms with Crippen LogP contribution in [0.3, 0.4) is 0 Å². The van der Waals surface area contributed by atoms with Crippen LogP contribution < -0.4 is 5.32 Å². The lowest BCUT2D eigenvalue weighted by atomic mass is 10.0. The van der Waals surface area contributed by atoms with Gasteiger partial charge in [0.2, 0.25) is 11.8 Å². The van der Waals surface area contributed by atoms with Gasteiger partial charge in [-0.2, -0.15) is 0 Å². The smallest absolute Gasteiger partial charge is 0.239 e. The van der Waals surface area contributed by atoms with Crippen molar-refractivity contribution in [3.05, 3.63) is 0 Å². The third kappa shape index (κ3) is 4.05. The third-order valence-electron chi connectivity index (χ3n) is 6.46. The van der Waals surface area contributed by atoms with Gasteiger partial charge in [0.05, 0.1) is 6.10 Å². The second-order valence-electron chi connectivity index (χ2n) is 8.35. The van der Waals surface area contributed by atoms with E-state index in [1.165, 1.54) is 0 Å². The van der Waals surface area contributed by atoms with E-state index in [1.54, 1.807) is 0 Å². The summed E-state index contributed by atoms with van der Waals surface area (Å²) in [5.74, 6) is 0.305. The molecule has 148 valence electrons. The monoisotopic (exact) mass is 366 g/mol. The highest BCUT2D eigenvalue weighted by Gasteiger charge is 2.45. The standard InChI is InChI=1S/C19H34N4O3/c1-13(2)23-11-8-16-18(23)19(26)20-12-14(21(16)3)4-5-17(25)22-9-6-15(24)7-10-22/h13-16,18,24H,4-12H2,1-3H3,(H,20,26). The fourth-order valence-electron chi connectivity index (χ4n) is 4.74. The van der Waals surface area contributed by atoms with Gasteiger partial charge in [-0.1, -0.05) is 0 Å². The fraction of sp³-hybridized carbons (Fsp3) is 0.895. The molecule has 0 saturated carbocycles. The predicted molar refractivity (Wildman–Crippen MR) is 99.7 cm³/mol. The van der Waals surface area contributed by atoms with Crippen LogP contribution in [0.4, 0.5) is 0 Å². The van der Waals surface area contributed by atoms with Crippen LogP contribution in [0.5, 0.6) is 0 Å². The zero-order valence-corrected chi connectivity index (χ0v) is 16.4. The molecule has 0 aromatic carbocycles. The number of likely N-dealkylation sites (N-methyl/N-ethyl adjacent to an activating group) is 1. The molecule has 0 aliphatic carbocycles. The number of fused-ring (bicyclic) bond motifs is 1. The van der Waals surface area contributed by atoms with Gasteiger partial charge in [0.1, 0.15) is 6.04 Å². The van der Waals surface area contributed by atoms with Crippen LogP contribution >= 0.6 is 0 Å². The highest BCUT2D eigenvalue weighted by Crippen LogP contribution is 2.28. The Bertz CT molecular complexity index is 519. The SMILES string of the molecule is CC(C)N1CCC2C1C(=O)NCC(CCC(=O)N1CCC(O)CC1)N2C. The molecule has 3 aliphatic rings. The Hall–Kier alpha value is -1.18. The predicted octanol–water partition coefficient (Wildman–Crippen LogP) is 0.0314. The second kappa shape index (κ2) is 8.23. The number of nitrogens with one attached hydrogen (secondary N) is 1. The number of nitrogens with zero attached hydrogens (tertiary/aromatic N) is 3. The number of carbonyl (C=O) groups excluding carboxylic acids is 2. The highest BCUT2D eigenvalue weighted by molar-refractivity contribution is 5.83. The molecule has 3 heterocycles. The second-order valence-corrected chi connectivity index (χ2v) is 8.35. The summed E-state index contributed by atoms with van der Waals surface area (Å²) in [5, 5.41) is 12.7. The molecule has 3 atom stereocenters. The van der Waals surface area contributed by atoms with Crippen LogP contribution in [0.1, 0.15) is 46.0 Å². The van der Waals surface area contributed by atoms with Gasteiger partial charge >= 0.3 is 0 Å². The zero-order chi connectivity index (χ0) is 18.8. The Morgan fingerprint density at radius 2 is 1.92 bits per heavy atom. The van der Waals surface area contributed by atoms with Gasteiger partial charge in [-0.25, -0.2) is 0 Å². The van der Waals surface area contributed by atoms with Crippen molar-refractivity contribution < 1.29 is 14.7 Å². The van der Waals surface area contributed by atoms with E-state index in [0.717, 1.165) is 19.4 Å². The van der Waals surface area contributed by atoms with Crippen LogP contribution in [0.15, 0.2) is 0 Å². The molecule has 26 heavy (non-hydrogen) atoms. The summed E-state index contributed by atoms with van der Waals surface area (Å²) >= 11 is 0. The highest BCUT2D eigenvalue weighted by atomic mass is 16.3. The molecular formula is C19H34N4O3. The van der Waals surface area contributed by atoms with Gasteiger partial charge in [0.25, 0.3) is 0 Å². The van der Waals surface area contributed by atoms with Crippen molar-refractivity contribution in [2.75, 3.05) is 33.2 Å². The first-order chi connectivity index (χ1) is 12.4. The quantitative estimate of drug-likeness (QED) is 0.734. The summed E-state index contributed by atoms with van der Waals surface area (Å²) < 4.78 is 0. The topological polar surface area (TPSA) is 76.1 Å². The molecule has 7 heteroatoms. The number of amides is 2. The lowest BCUT2D eigenvalue weighted by molar-refractivity contribution is -0.133. The van der Waals surface area contributed by atoms with Crippen molar-refractivity contribution in [1.82, 2.24) is 20.0 Å². The fourth-order valence-corrected chi connectivity index (χ4v) is 4.74. The molecule has 3 rings (SSSR count). The zero-order valence-electron chi connectivity index (χ0n) is 16.4. The first kappa shape index (κ1) is 19.6. The van der Waals surface area contributed by atoms with Crippen molar-refractivity contribution in [2.24, 2.45) is 0 Å². The molecule has 0 aromatic rings. The van der Waals surface area contributed by atoms with E-state index in [0.29, 0.717) is 44.9 Å². The molecule has 0 radical (unpaired) electrons. The molecule has 3 aliphatic heterocycles. The van der Waals surface area contributed by atoms with Gasteiger partial charge in [-0.3, -0.25) is 19.4 Å². The van der Waals surface area contributed by atoms with Crippen molar-refractivity contribution in [3.63, 3.8) is 0 Å². The normalized spacial score (nSPS) is 31.8. The van der Waals surface area contributed by atoms with Gasteiger partial charge < -0.3 is 15.3 Å². The maximum atomic E-state index is 12.6. The summed E-state index contributed by atoms with van der Waals surface area (Å²) in [7, 11) is 2.11. The van der Waals surface area contributed by atoms with Gasteiger partial charge in [0, 0.05) is 50.7 Å². The molecule has 0 spiro atoms. The number of aliphatic hydroxyl groups is 1. The first-order valence-corrected chi connectivity index (χ1v) is 10.1. The van der Waals surface area contributed by atoms with E-state index in [1.807, 2.05) is 4.90 Å². The van der Waals surface area contributed by atoms with E-state index in [9.17, 15) is 14.7 Å². The van der Waals surface area contributed by atoms with E-state index in [4.69, 9.17) is 0 Å². The number of rotatable bonds is 4. The molecule has 2 N–H and O–H groups in total. The minimum atomic E-state index is -0.259. The van der Waals surface area contributed by atoms with Crippen LogP contribution in [-0.2, 0) is 9.59 Å². The van der Waals surface area contributed by atoms with E-state index < -0.39 is 0 Å². The van der Waals surface area contributed by atoms with Crippen molar-refractivity contribution in [3.8, 4) is 0 Å². The number of likely N-dealkylation sites (tertiary alicyclic amines) is 2. The Morgan fingerprint density at radius 1 is 1.23 bits per heavy atom. The largest absolute Gasteiger partial charge is 0.393 e. The minimum absolute atomic E-state index is 0.0794. The summed E-state index contributed by atoms with van der Waals surface area (Å²) in [6, 6.07) is 0.701. The first-order valence-electron chi connectivity index (χ1n) is 10.1. The summed E-state index contributed by atoms with van der Waals surface area (Å²) in [4.78, 5) is 31.6. The summed E-state index contributed by atoms with van der Waals surface area (Å²) in [6.07, 6.45) is 3.37. The van der Waals surface area contributed by atoms with Gasteiger partial charge in [-0.05, 0) is 46.6 Å². The third-order valence-corrected chi connectivity index (χ3v) is 6.46. The summed E-state index contributed by atoms with van der Waals surface area (Å²) in [5.41, 5.74) is 0. The number of hydrogen-bond acceptors (Lipinski definition) is 5. The lowest BCUT2D eigenvalue weighted by Gasteiger charge is -2.34. The Labute approximate surface area is 156 Å². The van der Waals surface area contributed by atoms with Crippen LogP contribution in [0, 0.1) is 0 Å². The van der Waals surface area contributed by atoms with E-state index in [2.05, 4.69) is 36.0 Å². The average Bonchev–Trinajstić information content (AvgIpc) is 3.02. The molecule has 3 unspecified atom stereocenters. The molecule has 0 bridgehead atoms. The van der Waals surface area contributed by atoms with Gasteiger partial charge in [0.15, 0.2) is 0 Å². The maximum Gasteiger partial charge on any atom is 0.239 e. The number of aliphatic hydroxyl groups excluding tert-OH is 1. The van der Waals surface area contributed by atoms with Crippen molar-refractivity contribution >= 4 is 11.8 Å². The average molecular weight is 367 g/mol. The van der Waals surface area contributed by atoms with Crippen molar-refractivity contribution in [2.45, 2.75) is 76.2 Å². The van der Waals surface area contributed by atoms with Crippen LogP contribution in [0.25, 0.3) is 0 Å². The number of carbonyl (C=O) groups is 2. The molecule has 7 nitrogen and oxygen atoms in total. The molecule has 2 amide bonds. The molecular weight excluding hydrogens is 332 g/mol. The number of piperidine rings is 1. The minimum Gasteiger partial charge on any atom is -0.393 e. The van der Waals surface area contributed by atoms with E-state index in [-0.39, 0.29) is 36.0 Å². The lowest BCUT2D eigenvalue weighted by Crippen LogP contribution is -2.51.